The number of hydrogen-bond acceptors (Lipinski definition) is 3. The highest BCUT2D eigenvalue weighted by Gasteiger charge is 2.29. The number of piperidine rings is 1. The summed E-state index contributed by atoms with van der Waals surface area (Å²) in [5.74, 6) is -0.712. The number of fused-ring (bicyclic) bond motifs is 1. The van der Waals surface area contributed by atoms with E-state index in [1.807, 2.05) is 24.3 Å². The summed E-state index contributed by atoms with van der Waals surface area (Å²) in [6.07, 6.45) is 2.75. The van der Waals surface area contributed by atoms with Gasteiger partial charge < -0.3 is 14.9 Å². The number of likely N-dealkylation sites (tertiary alicyclic amines) is 1. The Labute approximate surface area is 141 Å². The van der Waals surface area contributed by atoms with Crippen LogP contribution in [0.5, 0.6) is 0 Å². The summed E-state index contributed by atoms with van der Waals surface area (Å²) in [6, 6.07) is 7.71. The normalized spacial score (nSPS) is 18.4. The third-order valence-electron chi connectivity index (χ3n) is 4.92. The second kappa shape index (κ2) is 7.03. The Morgan fingerprint density at radius 1 is 1.12 bits per heavy atom. The first-order chi connectivity index (χ1) is 11.5. The number of amides is 2. The standard InChI is InChI=1S/C18H22N2O4/c21-16-6-5-14-3-1-2-4-15(14)20(16)12-17(22)19-9-7-13(8-10-19)11-18(23)24/h1-4,13H,5-12H2,(H,23,24). The molecule has 2 heterocycles. The van der Waals surface area contributed by atoms with E-state index >= 15 is 0 Å². The summed E-state index contributed by atoms with van der Waals surface area (Å²) in [4.78, 5) is 38.9. The van der Waals surface area contributed by atoms with Gasteiger partial charge in [-0.3, -0.25) is 14.4 Å². The molecule has 1 saturated heterocycles. The molecule has 0 unspecified atom stereocenters. The van der Waals surface area contributed by atoms with Gasteiger partial charge in [-0.1, -0.05) is 18.2 Å². The SMILES string of the molecule is O=C(O)CC1CCN(C(=O)CN2C(=O)CCc3ccccc32)CC1. The molecule has 0 bridgehead atoms. The van der Waals surface area contributed by atoms with Crippen LogP contribution in [0, 0.1) is 5.92 Å². The number of hydrogen-bond donors (Lipinski definition) is 1. The largest absolute Gasteiger partial charge is 0.481 e. The highest BCUT2D eigenvalue weighted by atomic mass is 16.4. The summed E-state index contributed by atoms with van der Waals surface area (Å²) >= 11 is 0. The van der Waals surface area contributed by atoms with E-state index in [2.05, 4.69) is 0 Å². The minimum atomic E-state index is -0.782. The number of anilines is 1. The fourth-order valence-electron chi connectivity index (χ4n) is 3.54. The Morgan fingerprint density at radius 2 is 1.83 bits per heavy atom. The predicted molar refractivity (Wildman–Crippen MR) is 88.7 cm³/mol. The monoisotopic (exact) mass is 330 g/mol. The molecule has 128 valence electrons. The van der Waals surface area contributed by atoms with Gasteiger partial charge in [-0.25, -0.2) is 0 Å². The van der Waals surface area contributed by atoms with Gasteiger partial charge in [0.05, 0.1) is 0 Å². The van der Waals surface area contributed by atoms with Crippen LogP contribution < -0.4 is 4.90 Å². The van der Waals surface area contributed by atoms with Gasteiger partial charge >= 0.3 is 5.97 Å². The molecule has 2 aliphatic rings. The van der Waals surface area contributed by atoms with Gasteiger partial charge in [-0.2, -0.15) is 0 Å². The van der Waals surface area contributed by atoms with Gasteiger partial charge in [0.25, 0.3) is 0 Å². The Kier molecular flexibility index (Phi) is 4.83. The molecule has 3 rings (SSSR count). The second-order valence-electron chi connectivity index (χ2n) is 6.53. The molecule has 0 aromatic heterocycles. The van der Waals surface area contributed by atoms with Crippen molar-refractivity contribution in [1.82, 2.24) is 4.90 Å². The number of para-hydroxylation sites is 1. The number of aryl methyl sites for hydroxylation is 1. The van der Waals surface area contributed by atoms with Gasteiger partial charge in [0.15, 0.2) is 0 Å². The molecular weight excluding hydrogens is 308 g/mol. The number of aliphatic carboxylic acids is 1. The molecule has 24 heavy (non-hydrogen) atoms. The lowest BCUT2D eigenvalue weighted by atomic mass is 9.93. The van der Waals surface area contributed by atoms with Crippen molar-refractivity contribution < 1.29 is 19.5 Å². The van der Waals surface area contributed by atoms with Crippen LogP contribution in [-0.4, -0.2) is 47.4 Å². The topological polar surface area (TPSA) is 77.9 Å². The molecule has 1 aromatic carbocycles. The van der Waals surface area contributed by atoms with Crippen molar-refractivity contribution in [2.75, 3.05) is 24.5 Å². The number of nitrogens with zero attached hydrogens (tertiary/aromatic N) is 2. The minimum absolute atomic E-state index is 0.0113. The molecule has 0 spiro atoms. The molecule has 2 amide bonds. The summed E-state index contributed by atoms with van der Waals surface area (Å²) in [7, 11) is 0. The van der Waals surface area contributed by atoms with E-state index in [4.69, 9.17) is 5.11 Å². The van der Waals surface area contributed by atoms with E-state index in [1.165, 1.54) is 0 Å². The Balaban J connectivity index is 1.61. The minimum Gasteiger partial charge on any atom is -0.481 e. The van der Waals surface area contributed by atoms with E-state index in [9.17, 15) is 14.4 Å². The molecule has 6 nitrogen and oxygen atoms in total. The van der Waals surface area contributed by atoms with Crippen LogP contribution in [0.3, 0.4) is 0 Å². The third-order valence-corrected chi connectivity index (χ3v) is 4.92. The van der Waals surface area contributed by atoms with E-state index in [-0.39, 0.29) is 30.7 Å². The van der Waals surface area contributed by atoms with Crippen LogP contribution in [-0.2, 0) is 20.8 Å². The van der Waals surface area contributed by atoms with Crippen LogP contribution in [0.4, 0.5) is 5.69 Å². The molecule has 1 fully saturated rings. The molecule has 1 aromatic rings. The Bertz CT molecular complexity index is 650. The quantitative estimate of drug-likeness (QED) is 0.911. The predicted octanol–water partition coefficient (Wildman–Crippen LogP) is 1.68. The first kappa shape index (κ1) is 16.5. The number of rotatable bonds is 4. The van der Waals surface area contributed by atoms with Crippen molar-refractivity contribution in [3.63, 3.8) is 0 Å². The molecule has 6 heteroatoms. The average molecular weight is 330 g/mol. The molecular formula is C18H22N2O4. The van der Waals surface area contributed by atoms with Crippen LogP contribution in [0.25, 0.3) is 0 Å². The first-order valence-corrected chi connectivity index (χ1v) is 8.42. The first-order valence-electron chi connectivity index (χ1n) is 8.42. The number of carboxylic acids is 1. The maximum atomic E-state index is 12.6. The lowest BCUT2D eigenvalue weighted by Crippen LogP contribution is -2.47. The number of carboxylic acid groups (broad SMARTS) is 1. The zero-order valence-corrected chi connectivity index (χ0v) is 13.6. The van der Waals surface area contributed by atoms with Crippen LogP contribution in [0.1, 0.15) is 31.2 Å². The summed E-state index contributed by atoms with van der Waals surface area (Å²) in [6.45, 7) is 1.21. The number of carbonyl (C=O) groups excluding carboxylic acids is 2. The average Bonchev–Trinajstić information content (AvgIpc) is 2.57. The smallest absolute Gasteiger partial charge is 0.303 e. The summed E-state index contributed by atoms with van der Waals surface area (Å²) in [5, 5.41) is 8.85. The zero-order valence-electron chi connectivity index (χ0n) is 13.6. The Morgan fingerprint density at radius 3 is 2.54 bits per heavy atom. The van der Waals surface area contributed by atoms with E-state index in [1.54, 1.807) is 9.80 Å². The van der Waals surface area contributed by atoms with Crippen LogP contribution in [0.2, 0.25) is 0 Å². The van der Waals surface area contributed by atoms with Crippen molar-refractivity contribution in [2.24, 2.45) is 5.92 Å². The van der Waals surface area contributed by atoms with Crippen molar-refractivity contribution in [1.29, 1.82) is 0 Å². The van der Waals surface area contributed by atoms with Crippen molar-refractivity contribution in [2.45, 2.75) is 32.1 Å². The lowest BCUT2D eigenvalue weighted by molar-refractivity contribution is -0.138. The van der Waals surface area contributed by atoms with E-state index < -0.39 is 5.97 Å². The zero-order chi connectivity index (χ0) is 17.1. The molecule has 0 saturated carbocycles. The van der Waals surface area contributed by atoms with Crippen LogP contribution >= 0.6 is 0 Å². The maximum Gasteiger partial charge on any atom is 0.303 e. The Hall–Kier alpha value is -2.37. The molecule has 0 aliphatic carbocycles. The van der Waals surface area contributed by atoms with Gasteiger partial charge in [-0.15, -0.1) is 0 Å². The highest BCUT2D eigenvalue weighted by Crippen LogP contribution is 2.28. The van der Waals surface area contributed by atoms with Crippen molar-refractivity contribution >= 4 is 23.5 Å². The second-order valence-corrected chi connectivity index (χ2v) is 6.53. The number of benzene rings is 1. The summed E-state index contributed by atoms with van der Waals surface area (Å²) in [5.41, 5.74) is 1.94. The summed E-state index contributed by atoms with van der Waals surface area (Å²) < 4.78 is 0. The highest BCUT2D eigenvalue weighted by molar-refractivity contribution is 6.01. The maximum absolute atomic E-state index is 12.6. The van der Waals surface area contributed by atoms with Crippen LogP contribution in [0.15, 0.2) is 24.3 Å². The van der Waals surface area contributed by atoms with Crippen molar-refractivity contribution in [3.8, 4) is 0 Å². The molecule has 1 N–H and O–H groups in total. The van der Waals surface area contributed by atoms with Gasteiger partial charge in [0.1, 0.15) is 6.54 Å². The molecule has 2 aliphatic heterocycles. The van der Waals surface area contributed by atoms with E-state index in [0.29, 0.717) is 32.4 Å². The number of carbonyl (C=O) groups is 3. The fourth-order valence-corrected chi connectivity index (χ4v) is 3.54. The van der Waals surface area contributed by atoms with Gasteiger partial charge in [0.2, 0.25) is 11.8 Å². The van der Waals surface area contributed by atoms with Crippen molar-refractivity contribution in [3.05, 3.63) is 29.8 Å². The van der Waals surface area contributed by atoms with Gasteiger partial charge in [0, 0.05) is 31.6 Å². The molecule has 0 radical (unpaired) electrons. The molecule has 0 atom stereocenters. The third kappa shape index (κ3) is 3.58. The van der Waals surface area contributed by atoms with Gasteiger partial charge in [-0.05, 0) is 36.8 Å². The van der Waals surface area contributed by atoms with E-state index in [0.717, 1.165) is 17.7 Å². The lowest BCUT2D eigenvalue weighted by Gasteiger charge is -2.34. The fraction of sp³-hybridized carbons (Fsp3) is 0.500.